The molecule has 3 unspecified atom stereocenters. The van der Waals surface area contributed by atoms with Gasteiger partial charge >= 0.3 is 0 Å². The zero-order chi connectivity index (χ0) is 13.0. The topological polar surface area (TPSA) is 20.3 Å². The van der Waals surface area contributed by atoms with Gasteiger partial charge in [0.25, 0.3) is 0 Å². The van der Waals surface area contributed by atoms with E-state index < -0.39 is 0 Å². The van der Waals surface area contributed by atoms with E-state index in [0.717, 1.165) is 12.3 Å². The van der Waals surface area contributed by atoms with Crippen LogP contribution in [-0.4, -0.2) is 32.4 Å². The largest absolute Gasteiger partial charge is 0.335 e. The Labute approximate surface area is 110 Å². The molecular weight excluding hydrogens is 230 g/mol. The molecule has 0 spiro atoms. The Morgan fingerprint density at radius 2 is 1.76 bits per heavy atom. The van der Waals surface area contributed by atoms with Crippen LogP contribution in [0.4, 0.5) is 0 Å². The molecule has 0 aromatic heterocycles. The van der Waals surface area contributed by atoms with Crippen molar-refractivity contribution < 1.29 is 4.79 Å². The molecule has 0 aromatic carbocycles. The van der Waals surface area contributed by atoms with Crippen molar-refractivity contribution in [3.63, 3.8) is 0 Å². The van der Waals surface area contributed by atoms with Crippen LogP contribution >= 0.6 is 11.8 Å². The SMILES string of the molecule is CC(C)(C)SC1CC(=O)N(C(C)(C)C)C2CC12. The normalized spacial score (nSPS) is 33.6. The molecule has 1 saturated heterocycles. The van der Waals surface area contributed by atoms with Gasteiger partial charge in [0.2, 0.25) is 5.91 Å². The summed E-state index contributed by atoms with van der Waals surface area (Å²) in [7, 11) is 0. The lowest BCUT2D eigenvalue weighted by Gasteiger charge is -2.41. The maximum atomic E-state index is 12.3. The average molecular weight is 255 g/mol. The van der Waals surface area contributed by atoms with Crippen LogP contribution in [0.3, 0.4) is 0 Å². The predicted octanol–water partition coefficient (Wildman–Crippen LogP) is 3.31. The lowest BCUT2D eigenvalue weighted by molar-refractivity contribution is -0.138. The van der Waals surface area contributed by atoms with Crippen molar-refractivity contribution in [3.8, 4) is 0 Å². The van der Waals surface area contributed by atoms with Crippen LogP contribution < -0.4 is 0 Å². The number of thioether (sulfide) groups is 1. The molecule has 17 heavy (non-hydrogen) atoms. The number of carbonyl (C=O) groups excluding carboxylic acids is 1. The minimum atomic E-state index is -0.00608. The molecule has 0 N–H and O–H groups in total. The molecule has 3 atom stereocenters. The van der Waals surface area contributed by atoms with Gasteiger partial charge in [0.1, 0.15) is 0 Å². The number of amides is 1. The summed E-state index contributed by atoms with van der Waals surface area (Å²) in [5, 5.41) is 0.547. The van der Waals surface area contributed by atoms with Crippen LogP contribution in [0.5, 0.6) is 0 Å². The second kappa shape index (κ2) is 3.91. The molecule has 0 radical (unpaired) electrons. The summed E-state index contributed by atoms with van der Waals surface area (Å²) < 4.78 is 0.266. The Kier molecular flexibility index (Phi) is 3.05. The average Bonchev–Trinajstić information content (AvgIpc) is 2.76. The number of hydrogen-bond donors (Lipinski definition) is 0. The Morgan fingerprint density at radius 1 is 1.18 bits per heavy atom. The summed E-state index contributed by atoms with van der Waals surface area (Å²) in [4.78, 5) is 14.4. The zero-order valence-corrected chi connectivity index (χ0v) is 12.7. The molecular formula is C14H25NOS. The highest BCUT2D eigenvalue weighted by atomic mass is 32.2. The predicted molar refractivity (Wildman–Crippen MR) is 74.2 cm³/mol. The van der Waals surface area contributed by atoms with Gasteiger partial charge in [-0.25, -0.2) is 0 Å². The van der Waals surface area contributed by atoms with Crippen LogP contribution in [0, 0.1) is 5.92 Å². The van der Waals surface area contributed by atoms with Gasteiger partial charge in [-0.3, -0.25) is 4.79 Å². The van der Waals surface area contributed by atoms with Crippen molar-refractivity contribution >= 4 is 17.7 Å². The third-order valence-corrected chi connectivity index (χ3v) is 5.01. The van der Waals surface area contributed by atoms with Crippen LogP contribution in [0.2, 0.25) is 0 Å². The number of carbonyl (C=O) groups is 1. The highest BCUT2D eigenvalue weighted by molar-refractivity contribution is 8.01. The van der Waals surface area contributed by atoms with Gasteiger partial charge in [0, 0.05) is 28.0 Å². The number of fused-ring (bicyclic) bond motifs is 1. The summed E-state index contributed by atoms with van der Waals surface area (Å²) in [6, 6.07) is 0.524. The number of hydrogen-bond acceptors (Lipinski definition) is 2. The Bertz CT molecular complexity index is 326. The minimum Gasteiger partial charge on any atom is -0.335 e. The third-order valence-electron chi connectivity index (χ3n) is 3.49. The van der Waals surface area contributed by atoms with Crippen LogP contribution in [-0.2, 0) is 4.79 Å². The van der Waals surface area contributed by atoms with E-state index in [2.05, 4.69) is 46.4 Å². The summed E-state index contributed by atoms with van der Waals surface area (Å²) in [6.07, 6.45) is 1.96. The van der Waals surface area contributed by atoms with E-state index in [-0.39, 0.29) is 10.3 Å². The van der Waals surface area contributed by atoms with Gasteiger partial charge in [0.05, 0.1) is 0 Å². The zero-order valence-electron chi connectivity index (χ0n) is 11.9. The fourth-order valence-corrected chi connectivity index (χ4v) is 4.56. The highest BCUT2D eigenvalue weighted by Crippen LogP contribution is 2.52. The number of nitrogens with zero attached hydrogens (tertiary/aromatic N) is 1. The summed E-state index contributed by atoms with van der Waals surface area (Å²) >= 11 is 2.00. The van der Waals surface area contributed by atoms with Gasteiger partial charge in [-0.2, -0.15) is 11.8 Å². The molecule has 1 aliphatic heterocycles. The van der Waals surface area contributed by atoms with Gasteiger partial charge < -0.3 is 4.90 Å². The molecule has 2 fully saturated rings. The van der Waals surface area contributed by atoms with Crippen molar-refractivity contribution in [3.05, 3.63) is 0 Å². The van der Waals surface area contributed by atoms with Crippen LogP contribution in [0.25, 0.3) is 0 Å². The third kappa shape index (κ3) is 2.81. The standard InChI is InChI=1S/C14H25NOS/c1-13(2,3)15-10-7-9(10)11(8-12(15)16)17-14(4,5)6/h9-11H,7-8H2,1-6H3. The van der Waals surface area contributed by atoms with E-state index in [1.807, 2.05) is 11.8 Å². The van der Waals surface area contributed by atoms with Crippen molar-refractivity contribution in [2.75, 3.05) is 0 Å². The van der Waals surface area contributed by atoms with Crippen molar-refractivity contribution in [1.29, 1.82) is 0 Å². The quantitative estimate of drug-likeness (QED) is 0.716. The second-order valence-electron chi connectivity index (χ2n) is 7.37. The first-order chi connectivity index (χ1) is 7.59. The maximum Gasteiger partial charge on any atom is 0.224 e. The fraction of sp³-hybridized carbons (Fsp3) is 0.929. The van der Waals surface area contributed by atoms with Crippen LogP contribution in [0.15, 0.2) is 0 Å². The number of likely N-dealkylation sites (tertiary alicyclic amines) is 1. The number of piperidine rings is 1. The Balaban J connectivity index is 2.06. The second-order valence-corrected chi connectivity index (χ2v) is 9.44. The van der Waals surface area contributed by atoms with E-state index in [1.54, 1.807) is 0 Å². The molecule has 2 nitrogen and oxygen atoms in total. The van der Waals surface area contributed by atoms with Gasteiger partial charge in [-0.05, 0) is 33.1 Å². The molecule has 0 bridgehead atoms. The van der Waals surface area contributed by atoms with Crippen molar-refractivity contribution in [2.24, 2.45) is 5.92 Å². The summed E-state index contributed by atoms with van der Waals surface area (Å²) in [6.45, 7) is 13.2. The smallest absolute Gasteiger partial charge is 0.224 e. The first kappa shape index (κ1) is 13.3. The van der Waals surface area contributed by atoms with E-state index in [9.17, 15) is 4.79 Å². The minimum absolute atomic E-state index is 0.00608. The molecule has 3 heteroatoms. The van der Waals surface area contributed by atoms with Gasteiger partial charge in [-0.1, -0.05) is 20.8 Å². The fourth-order valence-electron chi connectivity index (χ4n) is 2.96. The lowest BCUT2D eigenvalue weighted by atomic mass is 10.0. The highest BCUT2D eigenvalue weighted by Gasteiger charge is 2.56. The van der Waals surface area contributed by atoms with Gasteiger partial charge in [0.15, 0.2) is 0 Å². The molecule has 1 amide bonds. The van der Waals surface area contributed by atoms with E-state index in [1.165, 1.54) is 6.42 Å². The first-order valence-corrected chi connectivity index (χ1v) is 7.47. The summed E-state index contributed by atoms with van der Waals surface area (Å²) in [5.41, 5.74) is -0.00608. The van der Waals surface area contributed by atoms with Crippen molar-refractivity contribution in [1.82, 2.24) is 4.90 Å². The Hall–Kier alpha value is -0.180. The van der Waals surface area contributed by atoms with E-state index in [4.69, 9.17) is 0 Å². The molecule has 1 saturated carbocycles. The van der Waals surface area contributed by atoms with Gasteiger partial charge in [-0.15, -0.1) is 0 Å². The van der Waals surface area contributed by atoms with Crippen molar-refractivity contribution in [2.45, 2.75) is 76.0 Å². The first-order valence-electron chi connectivity index (χ1n) is 6.59. The Morgan fingerprint density at radius 3 is 2.24 bits per heavy atom. The molecule has 0 aromatic rings. The number of rotatable bonds is 1. The van der Waals surface area contributed by atoms with Crippen LogP contribution in [0.1, 0.15) is 54.4 Å². The monoisotopic (exact) mass is 255 g/mol. The van der Waals surface area contributed by atoms with E-state index in [0.29, 0.717) is 17.2 Å². The lowest BCUT2D eigenvalue weighted by Crippen LogP contribution is -2.51. The molecule has 1 heterocycles. The van der Waals surface area contributed by atoms with E-state index >= 15 is 0 Å². The molecule has 98 valence electrons. The molecule has 1 aliphatic carbocycles. The maximum absolute atomic E-state index is 12.3. The summed E-state index contributed by atoms with van der Waals surface area (Å²) in [5.74, 6) is 1.11. The molecule has 2 rings (SSSR count). The molecule has 2 aliphatic rings.